The van der Waals surface area contributed by atoms with Crippen LogP contribution in [0.4, 0.5) is 0 Å². The fraction of sp³-hybridized carbons (Fsp3) is 0.429. The minimum atomic E-state index is 0.215. The van der Waals surface area contributed by atoms with Crippen LogP contribution in [0, 0.1) is 16.7 Å². The van der Waals surface area contributed by atoms with Crippen molar-refractivity contribution in [3.05, 3.63) is 29.6 Å². The second kappa shape index (κ2) is 3.89. The van der Waals surface area contributed by atoms with Gasteiger partial charge in [0.15, 0.2) is 0 Å². The highest BCUT2D eigenvalue weighted by molar-refractivity contribution is 5.77. The lowest BCUT2D eigenvalue weighted by molar-refractivity contribution is 0.396. The highest BCUT2D eigenvalue weighted by atomic mass is 15.1. The topological polar surface area (TPSA) is 41.6 Å². The third-order valence-corrected chi connectivity index (χ3v) is 2.79. The Labute approximate surface area is 102 Å². The number of fused-ring (bicyclic) bond motifs is 1. The van der Waals surface area contributed by atoms with Gasteiger partial charge in [0.1, 0.15) is 5.82 Å². The van der Waals surface area contributed by atoms with Crippen LogP contribution in [0.5, 0.6) is 0 Å². The fourth-order valence-corrected chi connectivity index (χ4v) is 1.95. The zero-order valence-electron chi connectivity index (χ0n) is 10.8. The SMILES string of the molecule is Cn1c(CC(C)(C)C)nc2cc(C#N)ccc21. The van der Waals surface area contributed by atoms with E-state index in [0.29, 0.717) is 5.56 Å². The third kappa shape index (κ3) is 2.31. The molecule has 1 aromatic heterocycles. The van der Waals surface area contributed by atoms with E-state index in [2.05, 4.69) is 36.4 Å². The van der Waals surface area contributed by atoms with Crippen LogP contribution >= 0.6 is 0 Å². The largest absolute Gasteiger partial charge is 0.331 e. The maximum atomic E-state index is 8.88. The standard InChI is InChI=1S/C14H17N3/c1-14(2,3)8-13-16-11-7-10(9-15)5-6-12(11)17(13)4/h5-7H,8H2,1-4H3. The molecule has 0 unspecified atom stereocenters. The van der Waals surface area contributed by atoms with Gasteiger partial charge in [-0.15, -0.1) is 0 Å². The Bertz CT molecular complexity index is 594. The van der Waals surface area contributed by atoms with Gasteiger partial charge in [0.05, 0.1) is 22.7 Å². The van der Waals surface area contributed by atoms with Crippen LogP contribution in [-0.4, -0.2) is 9.55 Å². The zero-order valence-corrected chi connectivity index (χ0v) is 10.8. The Hall–Kier alpha value is -1.82. The molecule has 2 rings (SSSR count). The lowest BCUT2D eigenvalue weighted by Gasteiger charge is -2.17. The lowest BCUT2D eigenvalue weighted by atomic mass is 9.92. The summed E-state index contributed by atoms with van der Waals surface area (Å²) in [4.78, 5) is 4.62. The number of aromatic nitrogens is 2. The number of nitrogens with zero attached hydrogens (tertiary/aromatic N) is 3. The molecule has 17 heavy (non-hydrogen) atoms. The van der Waals surface area contributed by atoms with Gasteiger partial charge in [-0.2, -0.15) is 5.26 Å². The molecule has 0 amide bonds. The summed E-state index contributed by atoms with van der Waals surface area (Å²) in [6.07, 6.45) is 0.931. The lowest BCUT2D eigenvalue weighted by Crippen LogP contribution is -2.12. The van der Waals surface area contributed by atoms with Crippen molar-refractivity contribution >= 4 is 11.0 Å². The summed E-state index contributed by atoms with van der Waals surface area (Å²) in [7, 11) is 2.03. The number of hydrogen-bond donors (Lipinski definition) is 0. The van der Waals surface area contributed by atoms with Gasteiger partial charge in [-0.1, -0.05) is 20.8 Å². The van der Waals surface area contributed by atoms with E-state index in [9.17, 15) is 0 Å². The number of benzene rings is 1. The average Bonchev–Trinajstić information content (AvgIpc) is 2.53. The second-order valence-electron chi connectivity index (χ2n) is 5.64. The van der Waals surface area contributed by atoms with E-state index in [0.717, 1.165) is 23.3 Å². The zero-order chi connectivity index (χ0) is 12.6. The van der Waals surface area contributed by atoms with Gasteiger partial charge in [-0.3, -0.25) is 0 Å². The first-order valence-corrected chi connectivity index (χ1v) is 5.76. The van der Waals surface area contributed by atoms with Crippen LogP contribution in [-0.2, 0) is 13.5 Å². The fourth-order valence-electron chi connectivity index (χ4n) is 1.95. The van der Waals surface area contributed by atoms with E-state index in [4.69, 9.17) is 5.26 Å². The summed E-state index contributed by atoms with van der Waals surface area (Å²) in [5.74, 6) is 1.07. The molecule has 0 N–H and O–H groups in total. The van der Waals surface area contributed by atoms with Gasteiger partial charge in [0.2, 0.25) is 0 Å². The highest BCUT2D eigenvalue weighted by Crippen LogP contribution is 2.23. The Morgan fingerprint density at radius 3 is 2.65 bits per heavy atom. The van der Waals surface area contributed by atoms with Crippen molar-refractivity contribution in [3.63, 3.8) is 0 Å². The van der Waals surface area contributed by atoms with Gasteiger partial charge in [0.25, 0.3) is 0 Å². The van der Waals surface area contributed by atoms with Crippen molar-refractivity contribution in [2.45, 2.75) is 27.2 Å². The molecule has 0 bridgehead atoms. The molecular weight excluding hydrogens is 210 g/mol. The van der Waals surface area contributed by atoms with Crippen LogP contribution in [0.2, 0.25) is 0 Å². The number of aryl methyl sites for hydroxylation is 1. The molecule has 88 valence electrons. The predicted molar refractivity (Wildman–Crippen MR) is 68.6 cm³/mol. The molecule has 0 aliphatic heterocycles. The first kappa shape index (κ1) is 11.7. The first-order valence-electron chi connectivity index (χ1n) is 5.76. The summed E-state index contributed by atoms with van der Waals surface area (Å²) in [6, 6.07) is 7.80. The van der Waals surface area contributed by atoms with E-state index in [-0.39, 0.29) is 5.41 Å². The van der Waals surface area contributed by atoms with Gasteiger partial charge in [-0.05, 0) is 23.6 Å². The average molecular weight is 227 g/mol. The second-order valence-corrected chi connectivity index (χ2v) is 5.64. The van der Waals surface area contributed by atoms with Crippen LogP contribution in [0.15, 0.2) is 18.2 Å². The van der Waals surface area contributed by atoms with Crippen molar-refractivity contribution in [3.8, 4) is 6.07 Å². The van der Waals surface area contributed by atoms with Crippen molar-refractivity contribution in [1.29, 1.82) is 5.26 Å². The number of hydrogen-bond acceptors (Lipinski definition) is 2. The minimum Gasteiger partial charge on any atom is -0.331 e. The van der Waals surface area contributed by atoms with E-state index in [1.165, 1.54) is 0 Å². The minimum absolute atomic E-state index is 0.215. The van der Waals surface area contributed by atoms with Crippen molar-refractivity contribution in [2.75, 3.05) is 0 Å². The van der Waals surface area contributed by atoms with Crippen molar-refractivity contribution < 1.29 is 0 Å². The van der Waals surface area contributed by atoms with Crippen LogP contribution in [0.3, 0.4) is 0 Å². The Morgan fingerprint density at radius 1 is 1.35 bits per heavy atom. The van der Waals surface area contributed by atoms with Crippen molar-refractivity contribution in [2.24, 2.45) is 12.5 Å². The van der Waals surface area contributed by atoms with E-state index in [1.807, 2.05) is 25.2 Å². The summed E-state index contributed by atoms with van der Waals surface area (Å²) < 4.78 is 2.11. The van der Waals surface area contributed by atoms with Crippen LogP contribution in [0.1, 0.15) is 32.2 Å². The molecule has 0 aliphatic carbocycles. The summed E-state index contributed by atoms with van der Waals surface area (Å²) in [5, 5.41) is 8.88. The van der Waals surface area contributed by atoms with E-state index < -0.39 is 0 Å². The molecule has 0 saturated heterocycles. The molecule has 0 aliphatic rings. The molecule has 2 aromatic rings. The predicted octanol–water partition coefficient (Wildman–Crippen LogP) is 3.03. The summed E-state index contributed by atoms with van der Waals surface area (Å²) >= 11 is 0. The summed E-state index contributed by atoms with van der Waals surface area (Å²) in [5.41, 5.74) is 2.87. The molecule has 3 heteroatoms. The number of rotatable bonds is 1. The van der Waals surface area contributed by atoms with Gasteiger partial charge >= 0.3 is 0 Å². The molecule has 0 saturated carbocycles. The van der Waals surface area contributed by atoms with Gasteiger partial charge in [0, 0.05) is 13.5 Å². The van der Waals surface area contributed by atoms with Gasteiger partial charge < -0.3 is 4.57 Å². The number of imidazole rings is 1. The molecule has 0 atom stereocenters. The molecule has 1 aromatic carbocycles. The molecule has 3 nitrogen and oxygen atoms in total. The normalized spacial score (nSPS) is 11.7. The highest BCUT2D eigenvalue weighted by Gasteiger charge is 2.16. The number of nitriles is 1. The van der Waals surface area contributed by atoms with E-state index in [1.54, 1.807) is 0 Å². The smallest absolute Gasteiger partial charge is 0.110 e. The third-order valence-electron chi connectivity index (χ3n) is 2.79. The molecule has 0 radical (unpaired) electrons. The monoisotopic (exact) mass is 227 g/mol. The van der Waals surface area contributed by atoms with Gasteiger partial charge in [-0.25, -0.2) is 4.98 Å². The van der Waals surface area contributed by atoms with Crippen molar-refractivity contribution in [1.82, 2.24) is 9.55 Å². The maximum absolute atomic E-state index is 8.88. The summed E-state index contributed by atoms with van der Waals surface area (Å²) in [6.45, 7) is 6.60. The molecule has 0 fully saturated rings. The molecule has 1 heterocycles. The quantitative estimate of drug-likeness (QED) is 0.751. The Kier molecular flexibility index (Phi) is 2.66. The Balaban J connectivity index is 2.53. The molecular formula is C14H17N3. The van der Waals surface area contributed by atoms with Crippen LogP contribution < -0.4 is 0 Å². The van der Waals surface area contributed by atoms with E-state index >= 15 is 0 Å². The molecule has 0 spiro atoms. The van der Waals surface area contributed by atoms with Crippen LogP contribution in [0.25, 0.3) is 11.0 Å². The maximum Gasteiger partial charge on any atom is 0.110 e. The first-order chi connectivity index (χ1) is 7.90. The Morgan fingerprint density at radius 2 is 2.06 bits per heavy atom.